The van der Waals surface area contributed by atoms with Gasteiger partial charge in [-0.1, -0.05) is 6.07 Å². The molecule has 0 aliphatic carbocycles. The molecule has 2 saturated heterocycles. The predicted octanol–water partition coefficient (Wildman–Crippen LogP) is 3.76. The minimum Gasteiger partial charge on any atom is -0.405 e. The lowest BCUT2D eigenvalue weighted by molar-refractivity contribution is -0.274. The highest BCUT2D eigenvalue weighted by atomic mass is 19.4. The summed E-state index contributed by atoms with van der Waals surface area (Å²) < 4.78 is 81.1. The fourth-order valence-electron chi connectivity index (χ4n) is 3.26. The molecule has 0 aromatic heterocycles. The molecule has 166 valence electrons. The van der Waals surface area contributed by atoms with Gasteiger partial charge >= 0.3 is 13.5 Å². The van der Waals surface area contributed by atoms with Gasteiger partial charge in [0.2, 0.25) is 0 Å². The monoisotopic (exact) mass is 435 g/mol. The summed E-state index contributed by atoms with van der Waals surface area (Å²) >= 11 is 0. The van der Waals surface area contributed by atoms with Gasteiger partial charge in [0, 0.05) is 25.9 Å². The Kier molecular flexibility index (Phi) is 5.60. The molecule has 2 aliphatic heterocycles. The second-order valence-electron chi connectivity index (χ2n) is 8.54. The summed E-state index contributed by atoms with van der Waals surface area (Å²) in [6, 6.07) is 3.54. The highest BCUT2D eigenvalue weighted by molar-refractivity contribution is 6.62. The Morgan fingerprint density at radius 1 is 1.07 bits per heavy atom. The molecule has 0 spiro atoms. The van der Waals surface area contributed by atoms with Crippen LogP contribution in [0, 0.1) is 0 Å². The Labute approximate surface area is 171 Å². The Morgan fingerprint density at radius 3 is 2.10 bits per heavy atom. The second-order valence-corrected chi connectivity index (χ2v) is 8.54. The number of ether oxygens (including phenoxy) is 1. The molecule has 3 rings (SSSR count). The van der Waals surface area contributed by atoms with Crippen LogP contribution in [0.4, 0.5) is 22.0 Å². The fourth-order valence-corrected chi connectivity index (χ4v) is 3.26. The van der Waals surface area contributed by atoms with Crippen molar-refractivity contribution in [2.75, 3.05) is 13.1 Å². The van der Waals surface area contributed by atoms with Crippen LogP contribution >= 0.6 is 0 Å². The average Bonchev–Trinajstić information content (AvgIpc) is 2.81. The third kappa shape index (κ3) is 4.72. The SMILES string of the molecule is CC1(C)OB(c2ccc(OC(F)(F)F)c(C(=O)N3CCC(F)(F)CC3)c2)OC1(C)C. The molecule has 0 N–H and O–H groups in total. The van der Waals surface area contributed by atoms with Gasteiger partial charge in [-0.2, -0.15) is 0 Å². The van der Waals surface area contributed by atoms with E-state index in [2.05, 4.69) is 4.74 Å². The summed E-state index contributed by atoms with van der Waals surface area (Å²) in [6.07, 6.45) is -6.12. The summed E-state index contributed by atoms with van der Waals surface area (Å²) in [5.74, 6) is -4.42. The van der Waals surface area contributed by atoms with Gasteiger partial charge < -0.3 is 18.9 Å². The Balaban J connectivity index is 1.93. The first-order valence-electron chi connectivity index (χ1n) is 9.53. The molecule has 1 amide bonds. The quantitative estimate of drug-likeness (QED) is 0.536. The van der Waals surface area contributed by atoms with Crippen molar-refractivity contribution in [3.8, 4) is 5.75 Å². The van der Waals surface area contributed by atoms with Crippen LogP contribution in [-0.4, -0.2) is 54.5 Å². The second kappa shape index (κ2) is 7.37. The number of hydrogen-bond donors (Lipinski definition) is 0. The number of nitrogens with zero attached hydrogens (tertiary/aromatic N) is 1. The molecule has 2 heterocycles. The highest BCUT2D eigenvalue weighted by Crippen LogP contribution is 2.37. The molecule has 0 radical (unpaired) electrons. The molecular formula is C19H23BF5NO4. The fraction of sp³-hybridized carbons (Fsp3) is 0.632. The lowest BCUT2D eigenvalue weighted by atomic mass is 9.78. The van der Waals surface area contributed by atoms with E-state index in [1.54, 1.807) is 0 Å². The molecule has 1 aromatic rings. The van der Waals surface area contributed by atoms with E-state index < -0.39 is 55.1 Å². The van der Waals surface area contributed by atoms with Crippen molar-refractivity contribution in [3.63, 3.8) is 0 Å². The van der Waals surface area contributed by atoms with Crippen LogP contribution in [0.1, 0.15) is 50.9 Å². The first-order valence-corrected chi connectivity index (χ1v) is 9.53. The molecule has 0 unspecified atom stereocenters. The summed E-state index contributed by atoms with van der Waals surface area (Å²) in [7, 11) is -0.910. The zero-order valence-corrected chi connectivity index (χ0v) is 17.1. The van der Waals surface area contributed by atoms with Gasteiger partial charge in [0.25, 0.3) is 11.8 Å². The van der Waals surface area contributed by atoms with Crippen LogP contribution in [0.2, 0.25) is 0 Å². The molecule has 30 heavy (non-hydrogen) atoms. The van der Waals surface area contributed by atoms with E-state index in [1.807, 2.05) is 27.7 Å². The van der Waals surface area contributed by atoms with Crippen LogP contribution in [-0.2, 0) is 9.31 Å². The lowest BCUT2D eigenvalue weighted by Crippen LogP contribution is -2.43. The third-order valence-electron chi connectivity index (χ3n) is 5.77. The van der Waals surface area contributed by atoms with Gasteiger partial charge in [0.05, 0.1) is 16.8 Å². The third-order valence-corrected chi connectivity index (χ3v) is 5.77. The molecule has 1 aromatic carbocycles. The number of carbonyl (C=O) groups is 1. The summed E-state index contributed by atoms with van der Waals surface area (Å²) in [4.78, 5) is 14.0. The van der Waals surface area contributed by atoms with E-state index in [0.717, 1.165) is 11.0 Å². The molecule has 0 bridgehead atoms. The number of likely N-dealkylation sites (tertiary alicyclic amines) is 1. The Bertz CT molecular complexity index is 802. The molecule has 2 aliphatic rings. The first kappa shape index (κ1) is 22.8. The molecule has 2 fully saturated rings. The van der Waals surface area contributed by atoms with Crippen LogP contribution < -0.4 is 10.2 Å². The zero-order valence-electron chi connectivity index (χ0n) is 17.1. The molecule has 11 heteroatoms. The van der Waals surface area contributed by atoms with Crippen LogP contribution in [0.3, 0.4) is 0 Å². The van der Waals surface area contributed by atoms with Gasteiger partial charge in [0.15, 0.2) is 0 Å². The van der Waals surface area contributed by atoms with E-state index >= 15 is 0 Å². The molecular weight excluding hydrogens is 412 g/mol. The number of rotatable bonds is 3. The van der Waals surface area contributed by atoms with Crippen molar-refractivity contribution in [2.24, 2.45) is 0 Å². The summed E-state index contributed by atoms with van der Waals surface area (Å²) in [5, 5.41) is 0. The maximum Gasteiger partial charge on any atom is 0.573 e. The van der Waals surface area contributed by atoms with Crippen LogP contribution in [0.5, 0.6) is 5.75 Å². The standard InChI is InChI=1S/C19H23BF5NO4/c1-16(2)17(3,4)30-20(29-16)12-5-6-14(28-19(23,24)25)13(11-12)15(27)26-9-7-18(21,22)8-10-26/h5-6,11H,7-10H2,1-4H3. The van der Waals surface area contributed by atoms with E-state index in [4.69, 9.17) is 9.31 Å². The van der Waals surface area contributed by atoms with Crippen molar-refractivity contribution in [3.05, 3.63) is 23.8 Å². The summed E-state index contributed by atoms with van der Waals surface area (Å²) in [5.41, 5.74) is -1.44. The van der Waals surface area contributed by atoms with Gasteiger partial charge in [0.1, 0.15) is 5.75 Å². The van der Waals surface area contributed by atoms with Crippen molar-refractivity contribution >= 4 is 18.5 Å². The van der Waals surface area contributed by atoms with E-state index in [0.29, 0.717) is 5.46 Å². The van der Waals surface area contributed by atoms with Crippen molar-refractivity contribution in [1.29, 1.82) is 0 Å². The number of halogens is 5. The highest BCUT2D eigenvalue weighted by Gasteiger charge is 2.52. The number of amides is 1. The minimum absolute atomic E-state index is 0.266. The molecule has 0 saturated carbocycles. The number of benzene rings is 1. The largest absolute Gasteiger partial charge is 0.573 e. The number of hydrogen-bond acceptors (Lipinski definition) is 4. The average molecular weight is 435 g/mol. The maximum atomic E-state index is 13.4. The first-order chi connectivity index (χ1) is 13.6. The van der Waals surface area contributed by atoms with Crippen molar-refractivity contribution < 1.29 is 40.8 Å². The predicted molar refractivity (Wildman–Crippen MR) is 98.9 cm³/mol. The van der Waals surface area contributed by atoms with Gasteiger partial charge in [-0.25, -0.2) is 8.78 Å². The summed E-state index contributed by atoms with van der Waals surface area (Å²) in [6.45, 7) is 6.72. The molecule has 0 atom stereocenters. The van der Waals surface area contributed by atoms with Crippen molar-refractivity contribution in [2.45, 2.75) is 64.0 Å². The van der Waals surface area contributed by atoms with E-state index in [9.17, 15) is 26.7 Å². The van der Waals surface area contributed by atoms with Gasteiger partial charge in [-0.05, 0) is 45.3 Å². The van der Waals surface area contributed by atoms with E-state index in [1.165, 1.54) is 12.1 Å². The van der Waals surface area contributed by atoms with Crippen LogP contribution in [0.25, 0.3) is 0 Å². The van der Waals surface area contributed by atoms with Crippen LogP contribution in [0.15, 0.2) is 18.2 Å². The van der Waals surface area contributed by atoms with Crippen molar-refractivity contribution in [1.82, 2.24) is 4.90 Å². The number of carbonyl (C=O) groups excluding carboxylic acids is 1. The van der Waals surface area contributed by atoms with Gasteiger partial charge in [-0.3, -0.25) is 4.79 Å². The van der Waals surface area contributed by atoms with Gasteiger partial charge in [-0.15, -0.1) is 13.2 Å². The normalized spacial score (nSPS) is 22.8. The Hall–Kier alpha value is -1.88. The maximum absolute atomic E-state index is 13.4. The zero-order chi connectivity index (χ0) is 22.5. The smallest absolute Gasteiger partial charge is 0.405 e. The minimum atomic E-state index is -5.02. The van der Waals surface area contributed by atoms with E-state index in [-0.39, 0.29) is 18.7 Å². The molecule has 5 nitrogen and oxygen atoms in total. The lowest BCUT2D eigenvalue weighted by Gasteiger charge is -2.32. The topological polar surface area (TPSA) is 48.0 Å². The Morgan fingerprint density at radius 2 is 1.60 bits per heavy atom. The number of alkyl halides is 5. The number of piperidine rings is 1.